The van der Waals surface area contributed by atoms with Crippen LogP contribution in [0.3, 0.4) is 0 Å². The van der Waals surface area contributed by atoms with Crippen LogP contribution in [0.2, 0.25) is 0 Å². The van der Waals surface area contributed by atoms with Crippen molar-refractivity contribution in [3.05, 3.63) is 35.4 Å². The molecule has 1 aromatic carbocycles. The number of hydrogen-bond acceptors (Lipinski definition) is 3. The second-order valence-electron chi connectivity index (χ2n) is 4.66. The Kier molecular flexibility index (Phi) is 3.48. The van der Waals surface area contributed by atoms with Gasteiger partial charge in [-0.3, -0.25) is 9.59 Å². The van der Waals surface area contributed by atoms with E-state index in [1.165, 1.54) is 0 Å². The van der Waals surface area contributed by atoms with Crippen molar-refractivity contribution in [1.82, 2.24) is 0 Å². The third-order valence-electron chi connectivity index (χ3n) is 3.30. The van der Waals surface area contributed by atoms with Gasteiger partial charge in [0.25, 0.3) is 0 Å². The summed E-state index contributed by atoms with van der Waals surface area (Å²) in [5, 5.41) is 9.15. The molecule has 0 unspecified atom stereocenters. The summed E-state index contributed by atoms with van der Waals surface area (Å²) in [6.45, 7) is 2.03. The number of hydrogen-bond donors (Lipinski definition) is 1. The number of aryl methyl sites for hydroxylation is 1. The summed E-state index contributed by atoms with van der Waals surface area (Å²) in [7, 11) is 0. The Labute approximate surface area is 106 Å². The monoisotopic (exact) mass is 248 g/mol. The lowest BCUT2D eigenvalue weighted by Gasteiger charge is -2.35. The Morgan fingerprint density at radius 1 is 1.28 bits per heavy atom. The molecular weight excluding hydrogens is 232 g/mol. The van der Waals surface area contributed by atoms with Crippen molar-refractivity contribution in [2.24, 2.45) is 5.41 Å². The molecule has 1 fully saturated rings. The van der Waals surface area contributed by atoms with Crippen LogP contribution in [0.5, 0.6) is 0 Å². The first-order chi connectivity index (χ1) is 8.60. The highest BCUT2D eigenvalue weighted by Gasteiger charge is 2.53. The Morgan fingerprint density at radius 2 is 1.89 bits per heavy atom. The van der Waals surface area contributed by atoms with Crippen LogP contribution in [0.15, 0.2) is 24.3 Å². The van der Waals surface area contributed by atoms with Gasteiger partial charge < -0.3 is 9.84 Å². The van der Waals surface area contributed by atoms with E-state index in [1.807, 2.05) is 12.1 Å². The third-order valence-corrected chi connectivity index (χ3v) is 3.30. The second-order valence-corrected chi connectivity index (χ2v) is 4.66. The molecule has 0 aromatic heterocycles. The molecule has 0 radical (unpaired) electrons. The lowest BCUT2D eigenvalue weighted by molar-refractivity contribution is -0.168. The molecule has 0 amide bonds. The van der Waals surface area contributed by atoms with Crippen LogP contribution in [-0.4, -0.2) is 30.1 Å². The van der Waals surface area contributed by atoms with Gasteiger partial charge in [-0.05, 0) is 12.0 Å². The summed E-state index contributed by atoms with van der Waals surface area (Å²) in [6.07, 6.45) is 2.00. The van der Waals surface area contributed by atoms with Crippen molar-refractivity contribution in [3.8, 4) is 0 Å². The molecule has 96 valence electrons. The maximum absolute atomic E-state index is 12.2. The van der Waals surface area contributed by atoms with Crippen LogP contribution < -0.4 is 0 Å². The minimum atomic E-state index is -1.37. The summed E-state index contributed by atoms with van der Waals surface area (Å²) < 4.78 is 4.90. The van der Waals surface area contributed by atoms with Gasteiger partial charge in [0.05, 0.1) is 13.2 Å². The molecule has 0 saturated carbocycles. The molecule has 1 aliphatic heterocycles. The highest BCUT2D eigenvalue weighted by atomic mass is 16.5. The highest BCUT2D eigenvalue weighted by molar-refractivity contribution is 6.13. The van der Waals surface area contributed by atoms with E-state index in [4.69, 9.17) is 9.84 Å². The number of carboxylic acids is 1. The molecule has 1 aliphatic rings. The fourth-order valence-corrected chi connectivity index (χ4v) is 2.05. The van der Waals surface area contributed by atoms with Crippen LogP contribution >= 0.6 is 0 Å². The summed E-state index contributed by atoms with van der Waals surface area (Å²) in [6, 6.07) is 7.17. The largest absolute Gasteiger partial charge is 0.480 e. The first kappa shape index (κ1) is 12.8. The number of carboxylic acid groups (broad SMARTS) is 1. The normalized spacial score (nSPS) is 16.9. The third kappa shape index (κ3) is 2.04. The van der Waals surface area contributed by atoms with Gasteiger partial charge in [-0.15, -0.1) is 0 Å². The van der Waals surface area contributed by atoms with E-state index in [9.17, 15) is 9.59 Å². The quantitative estimate of drug-likeness (QED) is 0.638. The maximum atomic E-state index is 12.2. The van der Waals surface area contributed by atoms with Crippen molar-refractivity contribution in [2.45, 2.75) is 19.8 Å². The number of carbonyl (C=O) groups excluding carboxylic acids is 1. The van der Waals surface area contributed by atoms with Crippen LogP contribution in [0.4, 0.5) is 0 Å². The lowest BCUT2D eigenvalue weighted by atomic mass is 9.78. The first-order valence-electron chi connectivity index (χ1n) is 6.05. The number of ether oxygens (including phenoxy) is 1. The fourth-order valence-electron chi connectivity index (χ4n) is 2.05. The molecule has 1 aromatic rings. The zero-order valence-electron chi connectivity index (χ0n) is 10.3. The summed E-state index contributed by atoms with van der Waals surface area (Å²) >= 11 is 0. The molecular formula is C14H16O4. The van der Waals surface area contributed by atoms with Gasteiger partial charge in [0, 0.05) is 5.56 Å². The number of aliphatic carboxylic acids is 1. The van der Waals surface area contributed by atoms with Gasteiger partial charge >= 0.3 is 5.97 Å². The van der Waals surface area contributed by atoms with Crippen LogP contribution in [0.1, 0.15) is 29.3 Å². The van der Waals surface area contributed by atoms with Crippen LogP contribution in [0, 0.1) is 5.41 Å². The van der Waals surface area contributed by atoms with Gasteiger partial charge in [-0.2, -0.15) is 0 Å². The molecule has 1 heterocycles. The molecule has 0 spiro atoms. The molecule has 1 saturated heterocycles. The average molecular weight is 248 g/mol. The summed E-state index contributed by atoms with van der Waals surface area (Å²) in [4.78, 5) is 23.4. The molecule has 0 aliphatic carbocycles. The van der Waals surface area contributed by atoms with E-state index in [2.05, 4.69) is 6.92 Å². The Morgan fingerprint density at radius 3 is 2.28 bits per heavy atom. The Balaban J connectivity index is 2.20. The van der Waals surface area contributed by atoms with Crippen molar-refractivity contribution < 1.29 is 19.4 Å². The SMILES string of the molecule is CCCc1ccc(C(=O)C2(C(=O)O)COC2)cc1. The minimum Gasteiger partial charge on any atom is -0.480 e. The second kappa shape index (κ2) is 4.90. The van der Waals surface area contributed by atoms with E-state index in [-0.39, 0.29) is 19.0 Å². The van der Waals surface area contributed by atoms with E-state index < -0.39 is 11.4 Å². The van der Waals surface area contributed by atoms with Crippen molar-refractivity contribution >= 4 is 11.8 Å². The Bertz CT molecular complexity index is 457. The predicted octanol–water partition coefficient (Wildman–Crippen LogP) is 1.92. The van der Waals surface area contributed by atoms with E-state index >= 15 is 0 Å². The topological polar surface area (TPSA) is 63.6 Å². The van der Waals surface area contributed by atoms with Gasteiger partial charge in [-0.1, -0.05) is 37.6 Å². The smallest absolute Gasteiger partial charge is 0.322 e. The van der Waals surface area contributed by atoms with Gasteiger partial charge in [-0.25, -0.2) is 0 Å². The molecule has 4 nitrogen and oxygen atoms in total. The number of Topliss-reactive ketones (excluding diaryl/α,β-unsaturated/α-hetero) is 1. The predicted molar refractivity (Wildman–Crippen MR) is 65.7 cm³/mol. The number of benzene rings is 1. The van der Waals surface area contributed by atoms with E-state index in [1.54, 1.807) is 12.1 Å². The standard InChI is InChI=1S/C14H16O4/c1-2-3-10-4-6-11(7-5-10)12(15)14(13(16)17)8-18-9-14/h4-7H,2-3,8-9H2,1H3,(H,16,17). The van der Waals surface area contributed by atoms with Crippen LogP contribution in [0.25, 0.3) is 0 Å². The first-order valence-corrected chi connectivity index (χ1v) is 6.05. The molecule has 0 atom stereocenters. The van der Waals surface area contributed by atoms with Gasteiger partial charge in [0.15, 0.2) is 11.2 Å². The van der Waals surface area contributed by atoms with Crippen molar-refractivity contribution in [1.29, 1.82) is 0 Å². The lowest BCUT2D eigenvalue weighted by Crippen LogP contribution is -2.54. The minimum absolute atomic E-state index is 0.0299. The van der Waals surface area contributed by atoms with Crippen LogP contribution in [-0.2, 0) is 16.0 Å². The van der Waals surface area contributed by atoms with Crippen molar-refractivity contribution in [3.63, 3.8) is 0 Å². The molecule has 1 N–H and O–H groups in total. The van der Waals surface area contributed by atoms with E-state index in [0.29, 0.717) is 5.56 Å². The number of rotatable bonds is 5. The highest BCUT2D eigenvalue weighted by Crippen LogP contribution is 2.32. The maximum Gasteiger partial charge on any atom is 0.322 e. The zero-order chi connectivity index (χ0) is 13.2. The average Bonchev–Trinajstić information content (AvgIpc) is 2.28. The molecule has 2 rings (SSSR count). The number of carbonyl (C=O) groups is 2. The van der Waals surface area contributed by atoms with Crippen molar-refractivity contribution in [2.75, 3.05) is 13.2 Å². The Hall–Kier alpha value is -1.68. The zero-order valence-corrected chi connectivity index (χ0v) is 10.3. The molecule has 18 heavy (non-hydrogen) atoms. The molecule has 4 heteroatoms. The summed E-state index contributed by atoms with van der Waals surface area (Å²) in [5.41, 5.74) is 0.232. The van der Waals surface area contributed by atoms with Gasteiger partial charge in [0.2, 0.25) is 0 Å². The van der Waals surface area contributed by atoms with Gasteiger partial charge in [0.1, 0.15) is 0 Å². The fraction of sp³-hybridized carbons (Fsp3) is 0.429. The summed E-state index contributed by atoms with van der Waals surface area (Å²) in [5.74, 6) is -1.46. The number of ketones is 1. The molecule has 0 bridgehead atoms. The van der Waals surface area contributed by atoms with E-state index in [0.717, 1.165) is 18.4 Å².